The van der Waals surface area contributed by atoms with Gasteiger partial charge in [0.1, 0.15) is 11.1 Å². The van der Waals surface area contributed by atoms with Crippen LogP contribution in [0.5, 0.6) is 0 Å². The molecule has 1 aliphatic rings. The van der Waals surface area contributed by atoms with Crippen molar-refractivity contribution in [2.24, 2.45) is 0 Å². The molecule has 0 saturated carbocycles. The van der Waals surface area contributed by atoms with Gasteiger partial charge in [-0.1, -0.05) is 0 Å². The highest BCUT2D eigenvalue weighted by Gasteiger charge is 2.25. The van der Waals surface area contributed by atoms with Gasteiger partial charge in [0.25, 0.3) is 0 Å². The fourth-order valence-electron chi connectivity index (χ4n) is 2.21. The Balaban J connectivity index is 1.73. The summed E-state index contributed by atoms with van der Waals surface area (Å²) in [7, 11) is 1.33. The number of esters is 1. The number of carbonyl (C=O) groups is 1. The van der Waals surface area contributed by atoms with Crippen molar-refractivity contribution < 1.29 is 14.3 Å². The van der Waals surface area contributed by atoms with E-state index in [-0.39, 0.29) is 6.10 Å². The zero-order valence-corrected chi connectivity index (χ0v) is 13.2. The molecule has 0 spiro atoms. The fourth-order valence-corrected chi connectivity index (χ4v) is 3.04. The molecule has 3 rings (SSSR count). The van der Waals surface area contributed by atoms with Gasteiger partial charge >= 0.3 is 5.97 Å². The van der Waals surface area contributed by atoms with Crippen LogP contribution in [-0.4, -0.2) is 47.7 Å². The number of hydrogen-bond acceptors (Lipinski definition) is 8. The van der Waals surface area contributed by atoms with Crippen molar-refractivity contribution in [3.05, 3.63) is 34.0 Å². The predicted octanol–water partition coefficient (Wildman–Crippen LogP) is 1.61. The number of hydrogen-bond donors (Lipinski definition) is 0. The van der Waals surface area contributed by atoms with Gasteiger partial charge in [0.05, 0.1) is 25.8 Å². The lowest BCUT2D eigenvalue weighted by atomic mass is 10.3. The second-order valence-corrected chi connectivity index (χ2v) is 5.79. The standard InChI is InChI=1S/C14H16N4O3S/c1-9-8-22-12(17-9)11-7-18(3-4-21-11)14-15-5-10(6-16-14)13(19)20-2/h5-6,8,11H,3-4,7H2,1-2H3/t11-/m1/s1. The van der Waals surface area contributed by atoms with E-state index in [4.69, 9.17) is 4.74 Å². The van der Waals surface area contributed by atoms with Crippen molar-refractivity contribution in [1.82, 2.24) is 15.0 Å². The molecule has 0 radical (unpaired) electrons. The molecule has 0 bridgehead atoms. The normalized spacial score (nSPS) is 18.3. The Labute approximate surface area is 131 Å². The van der Waals surface area contributed by atoms with Gasteiger partial charge in [0.15, 0.2) is 0 Å². The highest BCUT2D eigenvalue weighted by molar-refractivity contribution is 7.09. The molecule has 1 fully saturated rings. The van der Waals surface area contributed by atoms with E-state index in [9.17, 15) is 4.79 Å². The molecule has 7 nitrogen and oxygen atoms in total. The van der Waals surface area contributed by atoms with Gasteiger partial charge in [-0.05, 0) is 6.92 Å². The van der Waals surface area contributed by atoms with Crippen molar-refractivity contribution in [3.63, 3.8) is 0 Å². The Morgan fingerprint density at radius 1 is 1.45 bits per heavy atom. The molecular weight excluding hydrogens is 304 g/mol. The Kier molecular flexibility index (Phi) is 4.30. The molecule has 8 heteroatoms. The summed E-state index contributed by atoms with van der Waals surface area (Å²) in [5.41, 5.74) is 1.34. The summed E-state index contributed by atoms with van der Waals surface area (Å²) in [6, 6.07) is 0. The summed E-state index contributed by atoms with van der Waals surface area (Å²) in [5.74, 6) is 0.138. The minimum absolute atomic E-state index is 0.0728. The maximum absolute atomic E-state index is 11.4. The quantitative estimate of drug-likeness (QED) is 0.795. The Morgan fingerprint density at radius 3 is 2.86 bits per heavy atom. The molecule has 0 N–H and O–H groups in total. The van der Waals surface area contributed by atoms with Gasteiger partial charge in [0, 0.05) is 30.0 Å². The first-order chi connectivity index (χ1) is 10.7. The number of aromatic nitrogens is 3. The lowest BCUT2D eigenvalue weighted by Gasteiger charge is -2.31. The Hall–Kier alpha value is -2.06. The highest BCUT2D eigenvalue weighted by Crippen LogP contribution is 2.26. The minimum Gasteiger partial charge on any atom is -0.465 e. The number of methoxy groups -OCH3 is 1. The first kappa shape index (κ1) is 14.9. The topological polar surface area (TPSA) is 77.4 Å². The summed E-state index contributed by atoms with van der Waals surface area (Å²) in [5, 5.41) is 2.98. The zero-order chi connectivity index (χ0) is 15.5. The van der Waals surface area contributed by atoms with Crippen LogP contribution in [0.3, 0.4) is 0 Å². The van der Waals surface area contributed by atoms with E-state index in [1.807, 2.05) is 17.2 Å². The van der Waals surface area contributed by atoms with E-state index in [2.05, 4.69) is 19.7 Å². The Morgan fingerprint density at radius 2 is 2.23 bits per heavy atom. The smallest absolute Gasteiger partial charge is 0.341 e. The van der Waals surface area contributed by atoms with E-state index in [0.717, 1.165) is 10.7 Å². The number of carbonyl (C=O) groups excluding carboxylic acids is 1. The summed E-state index contributed by atoms with van der Waals surface area (Å²) >= 11 is 1.60. The molecule has 116 valence electrons. The van der Waals surface area contributed by atoms with Crippen LogP contribution in [0.1, 0.15) is 27.2 Å². The maximum Gasteiger partial charge on any atom is 0.341 e. The van der Waals surface area contributed by atoms with Crippen LogP contribution in [0.2, 0.25) is 0 Å². The third-order valence-corrected chi connectivity index (χ3v) is 4.38. The van der Waals surface area contributed by atoms with Gasteiger partial charge < -0.3 is 14.4 Å². The molecule has 0 unspecified atom stereocenters. The monoisotopic (exact) mass is 320 g/mol. The molecular formula is C14H16N4O3S. The fraction of sp³-hybridized carbons (Fsp3) is 0.429. The summed E-state index contributed by atoms with van der Waals surface area (Å²) in [4.78, 5) is 26.4. The average molecular weight is 320 g/mol. The second-order valence-electron chi connectivity index (χ2n) is 4.90. The number of anilines is 1. The first-order valence-electron chi connectivity index (χ1n) is 6.86. The van der Waals surface area contributed by atoms with E-state index in [1.54, 1.807) is 11.3 Å². The third kappa shape index (κ3) is 3.07. The molecule has 3 heterocycles. The molecule has 2 aromatic heterocycles. The molecule has 0 aliphatic carbocycles. The number of rotatable bonds is 3. The van der Waals surface area contributed by atoms with Crippen molar-refractivity contribution in [3.8, 4) is 0 Å². The predicted molar refractivity (Wildman–Crippen MR) is 81.1 cm³/mol. The molecule has 2 aromatic rings. The Bertz CT molecular complexity index is 658. The van der Waals surface area contributed by atoms with E-state index < -0.39 is 5.97 Å². The van der Waals surface area contributed by atoms with Crippen molar-refractivity contribution >= 4 is 23.3 Å². The third-order valence-electron chi connectivity index (χ3n) is 3.32. The number of ether oxygens (including phenoxy) is 2. The van der Waals surface area contributed by atoms with Crippen molar-refractivity contribution in [2.45, 2.75) is 13.0 Å². The highest BCUT2D eigenvalue weighted by atomic mass is 32.1. The first-order valence-corrected chi connectivity index (χ1v) is 7.74. The van der Waals surface area contributed by atoms with E-state index in [0.29, 0.717) is 31.2 Å². The number of aryl methyl sites for hydroxylation is 1. The average Bonchev–Trinajstić information content (AvgIpc) is 3.01. The van der Waals surface area contributed by atoms with Gasteiger partial charge in [-0.25, -0.2) is 19.7 Å². The van der Waals surface area contributed by atoms with Gasteiger partial charge in [-0.15, -0.1) is 11.3 Å². The second kappa shape index (κ2) is 6.37. The molecule has 22 heavy (non-hydrogen) atoms. The number of thiazole rings is 1. The minimum atomic E-state index is -0.440. The van der Waals surface area contributed by atoms with Crippen LogP contribution in [0.25, 0.3) is 0 Å². The summed E-state index contributed by atoms with van der Waals surface area (Å²) in [6.45, 7) is 3.91. The zero-order valence-electron chi connectivity index (χ0n) is 12.4. The van der Waals surface area contributed by atoms with Crippen molar-refractivity contribution in [2.75, 3.05) is 31.7 Å². The number of morpholine rings is 1. The lowest BCUT2D eigenvalue weighted by molar-refractivity contribution is 0.0390. The van der Waals surface area contributed by atoms with Crippen LogP contribution in [-0.2, 0) is 9.47 Å². The molecule has 1 atom stereocenters. The molecule has 1 aliphatic heterocycles. The van der Waals surface area contributed by atoms with E-state index in [1.165, 1.54) is 19.5 Å². The maximum atomic E-state index is 11.4. The molecule has 0 aromatic carbocycles. The summed E-state index contributed by atoms with van der Waals surface area (Å²) < 4.78 is 10.4. The largest absolute Gasteiger partial charge is 0.465 e. The van der Waals surface area contributed by atoms with Crippen molar-refractivity contribution in [1.29, 1.82) is 0 Å². The number of nitrogens with zero attached hydrogens (tertiary/aromatic N) is 4. The van der Waals surface area contributed by atoms with E-state index >= 15 is 0 Å². The van der Waals surface area contributed by atoms with Crippen LogP contribution < -0.4 is 4.90 Å². The van der Waals surface area contributed by atoms with Crippen LogP contribution in [0, 0.1) is 6.92 Å². The lowest BCUT2D eigenvalue weighted by Crippen LogP contribution is -2.39. The SMILES string of the molecule is COC(=O)c1cnc(N2CCO[C@@H](c3nc(C)cs3)C2)nc1. The van der Waals surface area contributed by atoms with Crippen LogP contribution in [0.4, 0.5) is 5.95 Å². The van der Waals surface area contributed by atoms with Gasteiger partial charge in [-0.2, -0.15) is 0 Å². The van der Waals surface area contributed by atoms with Crippen LogP contribution in [0.15, 0.2) is 17.8 Å². The summed E-state index contributed by atoms with van der Waals surface area (Å²) in [6.07, 6.45) is 2.88. The van der Waals surface area contributed by atoms with Crippen LogP contribution >= 0.6 is 11.3 Å². The van der Waals surface area contributed by atoms with Gasteiger partial charge in [-0.3, -0.25) is 0 Å². The molecule has 0 amide bonds. The van der Waals surface area contributed by atoms with Gasteiger partial charge in [0.2, 0.25) is 5.95 Å². The molecule has 1 saturated heterocycles.